The standard InChI is InChI=1S/C14H17FN2O3/c15-9-5-6-11(10(8-9)14(19)20)17-13(18)12-4-2-1-3-7-16-12/h5-6,8,12,16H,1-4,7H2,(H,17,18)(H,19,20). The smallest absolute Gasteiger partial charge is 0.337 e. The van der Waals surface area contributed by atoms with E-state index in [0.29, 0.717) is 0 Å². The lowest BCUT2D eigenvalue weighted by atomic mass is 10.1. The van der Waals surface area contributed by atoms with E-state index in [0.717, 1.165) is 44.4 Å². The summed E-state index contributed by atoms with van der Waals surface area (Å²) in [6.45, 7) is 0.771. The highest BCUT2D eigenvalue weighted by atomic mass is 19.1. The van der Waals surface area contributed by atoms with Gasteiger partial charge in [0.05, 0.1) is 17.3 Å². The number of benzene rings is 1. The third-order valence-electron chi connectivity index (χ3n) is 3.35. The number of carboxylic acids is 1. The Morgan fingerprint density at radius 3 is 2.85 bits per heavy atom. The molecule has 0 aromatic heterocycles. The van der Waals surface area contributed by atoms with Crippen LogP contribution in [0.4, 0.5) is 10.1 Å². The number of carbonyl (C=O) groups is 2. The summed E-state index contributed by atoms with van der Waals surface area (Å²) < 4.78 is 13.1. The predicted octanol–water partition coefficient (Wildman–Crippen LogP) is 1.99. The van der Waals surface area contributed by atoms with Crippen LogP contribution in [0.1, 0.15) is 36.0 Å². The molecule has 0 spiro atoms. The second-order valence-corrected chi connectivity index (χ2v) is 4.84. The Hall–Kier alpha value is -1.95. The summed E-state index contributed by atoms with van der Waals surface area (Å²) in [5.41, 5.74) is -0.123. The van der Waals surface area contributed by atoms with E-state index >= 15 is 0 Å². The van der Waals surface area contributed by atoms with Crippen molar-refractivity contribution >= 4 is 17.6 Å². The summed E-state index contributed by atoms with van der Waals surface area (Å²) >= 11 is 0. The summed E-state index contributed by atoms with van der Waals surface area (Å²) in [7, 11) is 0. The molecule has 2 rings (SSSR count). The quantitative estimate of drug-likeness (QED) is 0.791. The van der Waals surface area contributed by atoms with Crippen molar-refractivity contribution < 1.29 is 19.1 Å². The van der Waals surface area contributed by atoms with Gasteiger partial charge in [0, 0.05) is 0 Å². The highest BCUT2D eigenvalue weighted by Gasteiger charge is 2.21. The van der Waals surface area contributed by atoms with Gasteiger partial charge in [-0.2, -0.15) is 0 Å². The molecule has 6 heteroatoms. The van der Waals surface area contributed by atoms with Gasteiger partial charge in [-0.1, -0.05) is 12.8 Å². The number of amides is 1. The Labute approximate surface area is 116 Å². The normalized spacial score (nSPS) is 19.1. The summed E-state index contributed by atoms with van der Waals surface area (Å²) in [6.07, 6.45) is 3.78. The largest absolute Gasteiger partial charge is 0.478 e. The molecule has 20 heavy (non-hydrogen) atoms. The molecule has 0 radical (unpaired) electrons. The maximum absolute atomic E-state index is 13.1. The van der Waals surface area contributed by atoms with Gasteiger partial charge < -0.3 is 15.7 Å². The molecule has 108 valence electrons. The number of carbonyl (C=O) groups excluding carboxylic acids is 1. The topological polar surface area (TPSA) is 78.4 Å². The first-order valence-electron chi connectivity index (χ1n) is 6.65. The van der Waals surface area contributed by atoms with Gasteiger partial charge >= 0.3 is 5.97 Å². The molecule has 0 aliphatic carbocycles. The first-order valence-corrected chi connectivity index (χ1v) is 6.65. The van der Waals surface area contributed by atoms with E-state index < -0.39 is 11.8 Å². The molecule has 1 fully saturated rings. The van der Waals surface area contributed by atoms with E-state index in [1.807, 2.05) is 0 Å². The maximum Gasteiger partial charge on any atom is 0.337 e. The minimum absolute atomic E-state index is 0.120. The van der Waals surface area contributed by atoms with E-state index in [9.17, 15) is 14.0 Å². The van der Waals surface area contributed by atoms with E-state index in [2.05, 4.69) is 10.6 Å². The van der Waals surface area contributed by atoms with Gasteiger partial charge in [-0.05, 0) is 37.6 Å². The van der Waals surface area contributed by atoms with Gasteiger partial charge in [0.25, 0.3) is 0 Å². The molecule has 1 aliphatic rings. The molecule has 0 bridgehead atoms. The zero-order valence-corrected chi connectivity index (χ0v) is 11.0. The van der Waals surface area contributed by atoms with Gasteiger partial charge in [-0.15, -0.1) is 0 Å². The fourth-order valence-corrected chi connectivity index (χ4v) is 2.27. The van der Waals surface area contributed by atoms with E-state index in [1.54, 1.807) is 0 Å². The van der Waals surface area contributed by atoms with Crippen molar-refractivity contribution in [3.05, 3.63) is 29.6 Å². The molecule has 1 aromatic rings. The SMILES string of the molecule is O=C(O)c1cc(F)ccc1NC(=O)C1CCCCCN1. The number of rotatable bonds is 3. The molecule has 3 N–H and O–H groups in total. The van der Waals surface area contributed by atoms with Crippen molar-refractivity contribution in [2.75, 3.05) is 11.9 Å². The Bertz CT molecular complexity index is 511. The van der Waals surface area contributed by atoms with Crippen molar-refractivity contribution in [3.63, 3.8) is 0 Å². The molecule has 5 nitrogen and oxygen atoms in total. The van der Waals surface area contributed by atoms with Crippen LogP contribution in [0, 0.1) is 5.82 Å². The highest BCUT2D eigenvalue weighted by Crippen LogP contribution is 2.18. The number of halogens is 1. The van der Waals surface area contributed by atoms with Crippen LogP contribution in [0.2, 0.25) is 0 Å². The third kappa shape index (κ3) is 3.54. The van der Waals surface area contributed by atoms with Crippen molar-refractivity contribution in [2.24, 2.45) is 0 Å². The average molecular weight is 280 g/mol. The van der Waals surface area contributed by atoms with E-state index in [1.165, 1.54) is 6.07 Å². The Morgan fingerprint density at radius 1 is 1.30 bits per heavy atom. The highest BCUT2D eigenvalue weighted by molar-refractivity contribution is 6.02. The molecule has 1 amide bonds. The summed E-state index contributed by atoms with van der Waals surface area (Å²) in [5, 5.41) is 14.7. The van der Waals surface area contributed by atoms with Crippen LogP contribution in [-0.2, 0) is 4.79 Å². The second kappa shape index (κ2) is 6.47. The first kappa shape index (κ1) is 14.5. The molecule has 0 saturated carbocycles. The number of hydrogen-bond donors (Lipinski definition) is 3. The molecule has 1 atom stereocenters. The van der Waals surface area contributed by atoms with Gasteiger partial charge in [0.1, 0.15) is 5.82 Å². The Kier molecular flexibility index (Phi) is 4.68. The minimum Gasteiger partial charge on any atom is -0.478 e. The van der Waals surface area contributed by atoms with Crippen molar-refractivity contribution in [1.29, 1.82) is 0 Å². The molecule has 1 aliphatic heterocycles. The summed E-state index contributed by atoms with van der Waals surface area (Å²) in [4.78, 5) is 23.2. The monoisotopic (exact) mass is 280 g/mol. The Balaban J connectivity index is 2.12. The lowest BCUT2D eigenvalue weighted by Gasteiger charge is -2.16. The predicted molar refractivity (Wildman–Crippen MR) is 72.2 cm³/mol. The lowest BCUT2D eigenvalue weighted by molar-refractivity contribution is -0.118. The molecule has 1 aromatic carbocycles. The van der Waals surface area contributed by atoms with Crippen LogP contribution in [0.25, 0.3) is 0 Å². The second-order valence-electron chi connectivity index (χ2n) is 4.84. The van der Waals surface area contributed by atoms with E-state index in [4.69, 9.17) is 5.11 Å². The summed E-state index contributed by atoms with van der Waals surface area (Å²) in [6, 6.07) is 2.97. The van der Waals surface area contributed by atoms with Crippen molar-refractivity contribution in [1.82, 2.24) is 5.32 Å². The minimum atomic E-state index is -1.27. The fourth-order valence-electron chi connectivity index (χ4n) is 2.27. The van der Waals surface area contributed by atoms with Gasteiger partial charge in [-0.25, -0.2) is 9.18 Å². The van der Waals surface area contributed by atoms with Crippen molar-refractivity contribution in [3.8, 4) is 0 Å². The number of hydrogen-bond acceptors (Lipinski definition) is 3. The Morgan fingerprint density at radius 2 is 2.10 bits per heavy atom. The van der Waals surface area contributed by atoms with E-state index in [-0.39, 0.29) is 23.2 Å². The molecule has 1 heterocycles. The third-order valence-corrected chi connectivity index (χ3v) is 3.35. The first-order chi connectivity index (χ1) is 9.58. The van der Waals surface area contributed by atoms with Crippen LogP contribution in [0.5, 0.6) is 0 Å². The molecule has 1 unspecified atom stereocenters. The molecular weight excluding hydrogens is 263 g/mol. The van der Waals surface area contributed by atoms with Crippen LogP contribution >= 0.6 is 0 Å². The fraction of sp³-hybridized carbons (Fsp3) is 0.429. The van der Waals surface area contributed by atoms with Gasteiger partial charge in [-0.3, -0.25) is 4.79 Å². The van der Waals surface area contributed by atoms with Crippen LogP contribution in [-0.4, -0.2) is 29.6 Å². The number of aromatic carboxylic acids is 1. The lowest BCUT2D eigenvalue weighted by Crippen LogP contribution is -2.40. The summed E-state index contributed by atoms with van der Waals surface area (Å²) in [5.74, 6) is -2.19. The number of carboxylic acid groups (broad SMARTS) is 1. The maximum atomic E-state index is 13.1. The number of anilines is 1. The zero-order valence-electron chi connectivity index (χ0n) is 11.0. The van der Waals surface area contributed by atoms with Gasteiger partial charge in [0.15, 0.2) is 0 Å². The van der Waals surface area contributed by atoms with Crippen LogP contribution < -0.4 is 10.6 Å². The molecule has 1 saturated heterocycles. The molecular formula is C14H17FN2O3. The van der Waals surface area contributed by atoms with Gasteiger partial charge in [0.2, 0.25) is 5.91 Å². The average Bonchev–Trinajstić information content (AvgIpc) is 2.69. The van der Waals surface area contributed by atoms with Crippen molar-refractivity contribution in [2.45, 2.75) is 31.7 Å². The number of nitrogens with one attached hydrogen (secondary N) is 2. The van der Waals surface area contributed by atoms with Crippen LogP contribution in [0.3, 0.4) is 0 Å². The zero-order chi connectivity index (χ0) is 14.5. The van der Waals surface area contributed by atoms with Crippen LogP contribution in [0.15, 0.2) is 18.2 Å².